The summed E-state index contributed by atoms with van der Waals surface area (Å²) in [5, 5.41) is 19.3. The van der Waals surface area contributed by atoms with Crippen LogP contribution in [0, 0.1) is 21.4 Å². The maximum atomic E-state index is 10.9. The number of nitro groups is 1. The Morgan fingerprint density at radius 2 is 1.58 bits per heavy atom. The van der Waals surface area contributed by atoms with Gasteiger partial charge in [0.2, 0.25) is 0 Å². The van der Waals surface area contributed by atoms with Crippen LogP contribution < -0.4 is 10.7 Å². The van der Waals surface area contributed by atoms with E-state index in [4.69, 9.17) is 5.26 Å². The third-order valence-electron chi connectivity index (χ3n) is 2.04. The van der Waals surface area contributed by atoms with E-state index >= 15 is 0 Å². The fourth-order valence-electron chi connectivity index (χ4n) is 1.30. The third-order valence-corrected chi connectivity index (χ3v) is 2.04. The van der Waals surface area contributed by atoms with Crippen molar-refractivity contribution < 1.29 is 14.5 Å². The van der Waals surface area contributed by atoms with Gasteiger partial charge in [0.15, 0.2) is 0 Å². The van der Waals surface area contributed by atoms with Gasteiger partial charge in [0.25, 0.3) is 5.69 Å². The van der Waals surface area contributed by atoms with Crippen molar-refractivity contribution in [3.63, 3.8) is 0 Å². The first-order valence-corrected chi connectivity index (χ1v) is 4.27. The summed E-state index contributed by atoms with van der Waals surface area (Å²) < 4.78 is 0. The molecule has 0 spiro atoms. The summed E-state index contributed by atoms with van der Waals surface area (Å²) in [5.74, 6) is -2.15. The summed E-state index contributed by atoms with van der Waals surface area (Å²) in [6.45, 7) is 0. The van der Waals surface area contributed by atoms with Crippen molar-refractivity contribution in [2.75, 3.05) is 0 Å². The normalized spacial score (nSPS) is 11.7. The van der Waals surface area contributed by atoms with Crippen LogP contribution in [0.2, 0.25) is 0 Å². The van der Waals surface area contributed by atoms with E-state index in [9.17, 15) is 19.7 Å². The van der Waals surface area contributed by atoms with E-state index < -0.39 is 22.4 Å². The number of hydrogen-bond acceptors (Lipinski definition) is 5. The molecular formula is C9H2N4Na2O4. The summed E-state index contributed by atoms with van der Waals surface area (Å²) in [5.41, 5.74) is -0.720. The van der Waals surface area contributed by atoms with Crippen molar-refractivity contribution in [3.05, 3.63) is 38.5 Å². The van der Waals surface area contributed by atoms with E-state index in [0.717, 1.165) is 12.1 Å². The SMILES string of the molecule is N#Cc1cc2c(cc1[N+](=O)[O-])=NC(=O)C(=O)N=2.[Na].[Na]. The molecule has 0 aromatic heterocycles. The van der Waals surface area contributed by atoms with E-state index in [2.05, 4.69) is 9.98 Å². The second-order valence-electron chi connectivity index (χ2n) is 3.06. The number of carbonyl (C=O) groups is 2. The Labute approximate surface area is 150 Å². The van der Waals surface area contributed by atoms with Crippen LogP contribution in [0.3, 0.4) is 0 Å². The molecule has 1 heterocycles. The minimum atomic E-state index is -1.09. The van der Waals surface area contributed by atoms with Gasteiger partial charge in [-0.05, 0) is 6.07 Å². The van der Waals surface area contributed by atoms with Crippen LogP contribution in [0.1, 0.15) is 5.56 Å². The maximum absolute atomic E-state index is 10.9. The fraction of sp³-hybridized carbons (Fsp3) is 0. The zero-order valence-electron chi connectivity index (χ0n) is 10.1. The number of nitrogens with zero attached hydrogens (tertiary/aromatic N) is 4. The first kappa shape index (κ1) is 18.0. The Morgan fingerprint density at radius 1 is 1.11 bits per heavy atom. The molecule has 19 heavy (non-hydrogen) atoms. The van der Waals surface area contributed by atoms with Crippen LogP contribution in [0.4, 0.5) is 5.69 Å². The molecule has 0 saturated heterocycles. The molecule has 0 aliphatic carbocycles. The van der Waals surface area contributed by atoms with Gasteiger partial charge in [-0.3, -0.25) is 19.7 Å². The second-order valence-corrected chi connectivity index (χ2v) is 3.06. The molecular weight excluding hydrogens is 274 g/mol. The van der Waals surface area contributed by atoms with Crippen LogP contribution in [-0.4, -0.2) is 75.9 Å². The number of nitro benzene ring substituents is 1. The summed E-state index contributed by atoms with van der Waals surface area (Å²) in [4.78, 5) is 38.5. The number of nitriles is 1. The van der Waals surface area contributed by atoms with E-state index in [1.54, 1.807) is 6.07 Å². The summed E-state index contributed by atoms with van der Waals surface area (Å²) >= 11 is 0. The van der Waals surface area contributed by atoms with Gasteiger partial charge in [-0.2, -0.15) is 5.26 Å². The summed E-state index contributed by atoms with van der Waals surface area (Å²) in [7, 11) is 0. The Kier molecular flexibility index (Phi) is 6.65. The summed E-state index contributed by atoms with van der Waals surface area (Å²) in [6.07, 6.45) is 0. The number of rotatable bonds is 1. The van der Waals surface area contributed by atoms with Crippen molar-refractivity contribution in [3.8, 4) is 6.07 Å². The topological polar surface area (TPSA) is 126 Å². The summed E-state index contributed by atoms with van der Waals surface area (Å²) in [6, 6.07) is 3.62. The van der Waals surface area contributed by atoms with Gasteiger partial charge in [0, 0.05) is 65.2 Å². The maximum Gasteiger partial charge on any atom is 0.338 e. The molecule has 2 amide bonds. The number of hydrogen-bond donors (Lipinski definition) is 0. The van der Waals surface area contributed by atoms with Crippen LogP contribution >= 0.6 is 0 Å². The van der Waals surface area contributed by atoms with Crippen LogP contribution in [-0.2, 0) is 9.59 Å². The van der Waals surface area contributed by atoms with Crippen molar-refractivity contribution >= 4 is 76.6 Å². The molecule has 1 aromatic rings. The molecule has 1 aliphatic heterocycles. The standard InChI is InChI=1S/C9H2N4O4.2Na/c10-3-4-1-5-6(2-7(4)13(16)17)12-9(15)8(14)11-5;;/h1-2H;;. The fourth-order valence-corrected chi connectivity index (χ4v) is 1.30. The number of benzene rings is 1. The van der Waals surface area contributed by atoms with Gasteiger partial charge in [0.1, 0.15) is 17.0 Å². The zero-order chi connectivity index (χ0) is 12.6. The Hall–Kier alpha value is -0.950. The molecule has 8 nitrogen and oxygen atoms in total. The predicted molar refractivity (Wildman–Crippen MR) is 61.6 cm³/mol. The Balaban J connectivity index is 0.00000162. The van der Waals surface area contributed by atoms with Crippen molar-refractivity contribution in [1.82, 2.24) is 0 Å². The largest absolute Gasteiger partial charge is 0.338 e. The van der Waals surface area contributed by atoms with E-state index in [0.29, 0.717) is 0 Å². The van der Waals surface area contributed by atoms with Gasteiger partial charge in [-0.25, -0.2) is 9.98 Å². The second kappa shape index (κ2) is 7.00. The third kappa shape index (κ3) is 3.54. The minimum absolute atomic E-state index is 0. The molecule has 1 aromatic carbocycles. The smallest absolute Gasteiger partial charge is 0.261 e. The first-order valence-electron chi connectivity index (χ1n) is 4.27. The molecule has 2 rings (SSSR count). The Bertz CT molecular complexity index is 738. The molecule has 0 atom stereocenters. The van der Waals surface area contributed by atoms with Crippen LogP contribution in [0.5, 0.6) is 0 Å². The van der Waals surface area contributed by atoms with Gasteiger partial charge in [0.05, 0.1) is 10.3 Å². The number of carbonyl (C=O) groups excluding carboxylic acids is 2. The van der Waals surface area contributed by atoms with Crippen molar-refractivity contribution in [2.45, 2.75) is 0 Å². The average Bonchev–Trinajstić information content (AvgIpc) is 2.29. The van der Waals surface area contributed by atoms with E-state index in [-0.39, 0.29) is 75.4 Å². The van der Waals surface area contributed by atoms with E-state index in [1.165, 1.54) is 0 Å². The Morgan fingerprint density at radius 3 is 2.00 bits per heavy atom. The molecule has 2 radical (unpaired) electrons. The average molecular weight is 276 g/mol. The molecule has 10 heteroatoms. The van der Waals surface area contributed by atoms with Gasteiger partial charge in [-0.1, -0.05) is 0 Å². The quantitative estimate of drug-likeness (QED) is 0.254. The molecule has 84 valence electrons. The van der Waals surface area contributed by atoms with Crippen LogP contribution in [0.25, 0.3) is 0 Å². The number of amides is 2. The molecule has 0 bridgehead atoms. The molecule has 1 aliphatic rings. The number of fused-ring (bicyclic) bond motifs is 1. The molecule has 0 fully saturated rings. The van der Waals surface area contributed by atoms with Crippen molar-refractivity contribution in [2.24, 2.45) is 9.98 Å². The van der Waals surface area contributed by atoms with Gasteiger partial charge < -0.3 is 0 Å². The first-order chi connectivity index (χ1) is 8.02. The molecule has 0 N–H and O–H groups in total. The minimum Gasteiger partial charge on any atom is -0.261 e. The van der Waals surface area contributed by atoms with Gasteiger partial charge in [-0.15, -0.1) is 0 Å². The molecule has 0 saturated carbocycles. The molecule has 0 unspecified atom stereocenters. The van der Waals surface area contributed by atoms with E-state index in [1.807, 2.05) is 0 Å². The van der Waals surface area contributed by atoms with Crippen LogP contribution in [0.15, 0.2) is 22.1 Å². The zero-order valence-corrected chi connectivity index (χ0v) is 14.1. The van der Waals surface area contributed by atoms with Gasteiger partial charge >= 0.3 is 11.8 Å². The predicted octanol–water partition coefficient (Wildman–Crippen LogP) is -1.99. The van der Waals surface area contributed by atoms with Crippen molar-refractivity contribution in [1.29, 1.82) is 5.26 Å². The monoisotopic (exact) mass is 276 g/mol.